The predicted molar refractivity (Wildman–Crippen MR) is 49.7 cm³/mol. The van der Waals surface area contributed by atoms with Gasteiger partial charge in [-0.15, -0.1) is 0 Å². The number of unbranched alkanes of at least 4 members (excludes halogenated alkanes) is 3. The number of nitrogens with one attached hydrogen (secondary N) is 2. The van der Waals surface area contributed by atoms with Gasteiger partial charge in [-0.3, -0.25) is 4.72 Å². The van der Waals surface area contributed by atoms with E-state index < -0.39 is 0 Å². The van der Waals surface area contributed by atoms with Crippen LogP contribution in [-0.4, -0.2) is 12.6 Å². The molecule has 0 rings (SSSR count). The SMILES string of the molecule is CCCCCCNC(=O)NS. The second kappa shape index (κ2) is 7.72. The van der Waals surface area contributed by atoms with Gasteiger partial charge in [0.2, 0.25) is 0 Å². The molecule has 0 heterocycles. The van der Waals surface area contributed by atoms with E-state index in [4.69, 9.17) is 0 Å². The van der Waals surface area contributed by atoms with E-state index in [-0.39, 0.29) is 6.03 Å². The lowest BCUT2D eigenvalue weighted by Crippen LogP contribution is -2.30. The Bertz CT molecular complexity index is 109. The third-order valence-electron chi connectivity index (χ3n) is 1.42. The topological polar surface area (TPSA) is 41.1 Å². The second-order valence-electron chi connectivity index (χ2n) is 2.43. The Morgan fingerprint density at radius 1 is 1.36 bits per heavy atom. The van der Waals surface area contributed by atoms with Crippen LogP contribution in [0.4, 0.5) is 4.79 Å². The van der Waals surface area contributed by atoms with Gasteiger partial charge < -0.3 is 5.32 Å². The molecule has 0 aliphatic heterocycles. The van der Waals surface area contributed by atoms with E-state index in [0.29, 0.717) is 0 Å². The molecule has 0 atom stereocenters. The Morgan fingerprint density at radius 3 is 2.64 bits per heavy atom. The van der Waals surface area contributed by atoms with Crippen molar-refractivity contribution in [3.8, 4) is 0 Å². The summed E-state index contributed by atoms with van der Waals surface area (Å²) in [7, 11) is 0. The zero-order valence-corrected chi connectivity index (χ0v) is 7.79. The first-order valence-electron chi connectivity index (χ1n) is 3.99. The van der Waals surface area contributed by atoms with Crippen molar-refractivity contribution in [2.45, 2.75) is 32.6 Å². The van der Waals surface area contributed by atoms with Crippen LogP contribution in [0.5, 0.6) is 0 Å². The number of hydrogen-bond acceptors (Lipinski definition) is 2. The highest BCUT2D eigenvalue weighted by Crippen LogP contribution is 1.96. The van der Waals surface area contributed by atoms with Crippen LogP contribution in [0.1, 0.15) is 32.6 Å². The maximum absolute atomic E-state index is 10.5. The van der Waals surface area contributed by atoms with E-state index in [0.717, 1.165) is 13.0 Å². The van der Waals surface area contributed by atoms with Crippen LogP contribution >= 0.6 is 12.8 Å². The average Bonchev–Trinajstić information content (AvgIpc) is 2.04. The molecule has 0 spiro atoms. The van der Waals surface area contributed by atoms with Crippen molar-refractivity contribution in [3.63, 3.8) is 0 Å². The van der Waals surface area contributed by atoms with Gasteiger partial charge in [0.05, 0.1) is 0 Å². The molecule has 66 valence electrons. The standard InChI is InChI=1S/C7H16N2OS/c1-2-3-4-5-6-8-7(10)9-11/h11H,2-6H2,1H3,(H2,8,9,10). The number of carbonyl (C=O) groups is 1. The first-order valence-corrected chi connectivity index (χ1v) is 4.44. The van der Waals surface area contributed by atoms with Gasteiger partial charge in [-0.1, -0.05) is 39.0 Å². The van der Waals surface area contributed by atoms with E-state index in [2.05, 4.69) is 29.8 Å². The molecule has 0 radical (unpaired) electrons. The zero-order valence-electron chi connectivity index (χ0n) is 6.89. The number of hydrogen-bond donors (Lipinski definition) is 3. The number of urea groups is 1. The van der Waals surface area contributed by atoms with Crippen molar-refractivity contribution < 1.29 is 4.79 Å². The Morgan fingerprint density at radius 2 is 2.09 bits per heavy atom. The number of carbonyl (C=O) groups excluding carboxylic acids is 1. The molecule has 0 saturated carbocycles. The van der Waals surface area contributed by atoms with Gasteiger partial charge in [-0.2, -0.15) is 0 Å². The van der Waals surface area contributed by atoms with E-state index in [1.807, 2.05) is 0 Å². The molecule has 3 nitrogen and oxygen atoms in total. The normalized spacial score (nSPS) is 9.27. The Labute approximate surface area is 73.5 Å². The van der Waals surface area contributed by atoms with Crippen molar-refractivity contribution in [1.29, 1.82) is 0 Å². The molecule has 0 aromatic carbocycles. The minimum Gasteiger partial charge on any atom is -0.337 e. The lowest BCUT2D eigenvalue weighted by atomic mass is 10.2. The fraction of sp³-hybridized carbons (Fsp3) is 0.857. The van der Waals surface area contributed by atoms with Crippen molar-refractivity contribution >= 4 is 18.8 Å². The number of rotatable bonds is 5. The molecule has 4 heteroatoms. The average molecular weight is 176 g/mol. The summed E-state index contributed by atoms with van der Waals surface area (Å²) in [4.78, 5) is 10.5. The van der Waals surface area contributed by atoms with Gasteiger partial charge in [0.25, 0.3) is 0 Å². The minimum atomic E-state index is -0.218. The number of thiol groups is 1. The molecular weight excluding hydrogens is 160 g/mol. The zero-order chi connectivity index (χ0) is 8.53. The van der Waals surface area contributed by atoms with Crippen LogP contribution in [0.2, 0.25) is 0 Å². The Kier molecular flexibility index (Phi) is 7.46. The largest absolute Gasteiger partial charge is 0.337 e. The van der Waals surface area contributed by atoms with Gasteiger partial charge in [0.1, 0.15) is 0 Å². The third kappa shape index (κ3) is 7.52. The van der Waals surface area contributed by atoms with Gasteiger partial charge >= 0.3 is 6.03 Å². The van der Waals surface area contributed by atoms with Crippen LogP contribution in [0.3, 0.4) is 0 Å². The van der Waals surface area contributed by atoms with Crippen LogP contribution < -0.4 is 10.0 Å². The van der Waals surface area contributed by atoms with E-state index in [1.54, 1.807) is 0 Å². The molecule has 2 amide bonds. The van der Waals surface area contributed by atoms with Gasteiger partial charge in [0, 0.05) is 6.54 Å². The van der Waals surface area contributed by atoms with Crippen LogP contribution in [0.15, 0.2) is 0 Å². The number of amides is 2. The van der Waals surface area contributed by atoms with Crippen LogP contribution in [-0.2, 0) is 0 Å². The molecular formula is C7H16N2OS. The predicted octanol–water partition coefficient (Wildman–Crippen LogP) is 1.71. The second-order valence-corrected chi connectivity index (χ2v) is 2.65. The van der Waals surface area contributed by atoms with E-state index >= 15 is 0 Å². The molecule has 0 bridgehead atoms. The maximum Gasteiger partial charge on any atom is 0.324 e. The molecule has 0 aliphatic rings. The maximum atomic E-state index is 10.5. The Hall–Kier alpha value is -0.380. The minimum absolute atomic E-state index is 0.218. The summed E-state index contributed by atoms with van der Waals surface area (Å²) >= 11 is 3.60. The molecule has 0 fully saturated rings. The highest BCUT2D eigenvalue weighted by molar-refractivity contribution is 7.78. The highest BCUT2D eigenvalue weighted by Gasteiger charge is 1.93. The summed E-state index contributed by atoms with van der Waals surface area (Å²) in [6, 6.07) is -0.218. The molecule has 2 N–H and O–H groups in total. The van der Waals surface area contributed by atoms with Crippen molar-refractivity contribution in [3.05, 3.63) is 0 Å². The van der Waals surface area contributed by atoms with Gasteiger partial charge in [-0.25, -0.2) is 4.79 Å². The molecule has 0 aliphatic carbocycles. The molecule has 11 heavy (non-hydrogen) atoms. The summed E-state index contributed by atoms with van der Waals surface area (Å²) in [6.45, 7) is 2.90. The highest BCUT2D eigenvalue weighted by atomic mass is 32.1. The van der Waals surface area contributed by atoms with Crippen molar-refractivity contribution in [2.24, 2.45) is 0 Å². The van der Waals surface area contributed by atoms with Crippen molar-refractivity contribution in [2.75, 3.05) is 6.54 Å². The van der Waals surface area contributed by atoms with Crippen LogP contribution in [0.25, 0.3) is 0 Å². The molecule has 0 unspecified atom stereocenters. The summed E-state index contributed by atoms with van der Waals surface area (Å²) in [5, 5.41) is 2.66. The first kappa shape index (κ1) is 10.6. The van der Waals surface area contributed by atoms with Gasteiger partial charge in [-0.05, 0) is 6.42 Å². The summed E-state index contributed by atoms with van der Waals surface area (Å²) in [5.41, 5.74) is 0. The van der Waals surface area contributed by atoms with Crippen LogP contribution in [0, 0.1) is 0 Å². The van der Waals surface area contributed by atoms with Gasteiger partial charge in [0.15, 0.2) is 0 Å². The summed E-state index contributed by atoms with van der Waals surface area (Å²) < 4.78 is 2.20. The fourth-order valence-electron chi connectivity index (χ4n) is 0.793. The summed E-state index contributed by atoms with van der Waals surface area (Å²) in [6.07, 6.45) is 4.70. The summed E-state index contributed by atoms with van der Waals surface area (Å²) in [5.74, 6) is 0. The fourth-order valence-corrected chi connectivity index (χ4v) is 0.872. The first-order chi connectivity index (χ1) is 5.31. The third-order valence-corrected chi connectivity index (χ3v) is 1.62. The monoisotopic (exact) mass is 176 g/mol. The van der Waals surface area contributed by atoms with E-state index in [9.17, 15) is 4.79 Å². The smallest absolute Gasteiger partial charge is 0.324 e. The molecule has 0 saturated heterocycles. The molecule has 0 aromatic rings. The lowest BCUT2D eigenvalue weighted by molar-refractivity contribution is 0.246. The molecule has 0 aromatic heterocycles. The van der Waals surface area contributed by atoms with E-state index in [1.165, 1.54) is 19.3 Å². The van der Waals surface area contributed by atoms with Crippen molar-refractivity contribution in [1.82, 2.24) is 10.0 Å². The lowest BCUT2D eigenvalue weighted by Gasteiger charge is -2.01. The quantitative estimate of drug-likeness (QED) is 0.433. The Balaban J connectivity index is 2.95.